The highest BCUT2D eigenvalue weighted by atomic mass is 15.4. The lowest BCUT2D eigenvalue weighted by Gasteiger charge is -2.36. The van der Waals surface area contributed by atoms with Crippen LogP contribution in [0.1, 0.15) is 78.1 Å². The van der Waals surface area contributed by atoms with Gasteiger partial charge in [0.15, 0.2) is 0 Å². The third kappa shape index (κ3) is 4.76. The van der Waals surface area contributed by atoms with Crippen molar-refractivity contribution in [3.05, 3.63) is 12.3 Å². The summed E-state index contributed by atoms with van der Waals surface area (Å²) in [6.07, 6.45) is 15.5. The number of fused-ring (bicyclic) bond motifs is 1. The number of aryl methyl sites for hydroxylation is 1. The predicted molar refractivity (Wildman–Crippen MR) is 90.9 cm³/mol. The molecule has 0 saturated heterocycles. The molecule has 3 heteroatoms. The van der Waals surface area contributed by atoms with Gasteiger partial charge in [0.1, 0.15) is 5.82 Å². The number of hydrogen-bond donors (Lipinski definition) is 0. The number of aromatic nitrogens is 2. The van der Waals surface area contributed by atoms with Crippen LogP contribution in [0.5, 0.6) is 0 Å². The predicted octanol–water partition coefficient (Wildman–Crippen LogP) is 5.01. The Bertz CT molecular complexity index is 386. The number of unbranched alkanes of at least 4 members (excludes halogenated alkanes) is 5. The summed E-state index contributed by atoms with van der Waals surface area (Å²) >= 11 is 0. The molecule has 1 aliphatic heterocycles. The van der Waals surface area contributed by atoms with Crippen LogP contribution in [0.15, 0.2) is 12.3 Å². The van der Waals surface area contributed by atoms with Gasteiger partial charge in [-0.15, -0.1) is 0 Å². The Hall–Kier alpha value is -0.990. The van der Waals surface area contributed by atoms with E-state index >= 15 is 0 Å². The second-order valence-electron chi connectivity index (χ2n) is 6.46. The summed E-state index contributed by atoms with van der Waals surface area (Å²) in [5.74, 6) is 1.35. The van der Waals surface area contributed by atoms with Crippen LogP contribution in [0, 0.1) is 0 Å². The highest BCUT2D eigenvalue weighted by molar-refractivity contribution is 5.41. The molecular weight excluding hydrogens is 258 g/mol. The summed E-state index contributed by atoms with van der Waals surface area (Å²) in [5, 5.41) is 4.45. The molecule has 1 aromatic rings. The molecule has 120 valence electrons. The minimum absolute atomic E-state index is 0.719. The van der Waals surface area contributed by atoms with E-state index in [0.29, 0.717) is 0 Å². The van der Waals surface area contributed by atoms with E-state index in [1.165, 1.54) is 76.6 Å². The summed E-state index contributed by atoms with van der Waals surface area (Å²) in [4.78, 5) is 2.63. The van der Waals surface area contributed by atoms with E-state index in [-0.39, 0.29) is 0 Å². The Morgan fingerprint density at radius 2 is 1.81 bits per heavy atom. The van der Waals surface area contributed by atoms with Gasteiger partial charge in [0.25, 0.3) is 0 Å². The topological polar surface area (TPSA) is 21.1 Å². The molecular formula is C18H33N3. The van der Waals surface area contributed by atoms with Gasteiger partial charge in [-0.3, -0.25) is 0 Å². The van der Waals surface area contributed by atoms with Gasteiger partial charge in [0.2, 0.25) is 0 Å². The van der Waals surface area contributed by atoms with Gasteiger partial charge in [-0.25, -0.2) is 4.68 Å². The minimum atomic E-state index is 0.719. The molecule has 1 aromatic heterocycles. The minimum Gasteiger partial charge on any atom is -0.354 e. The summed E-state index contributed by atoms with van der Waals surface area (Å²) in [7, 11) is 0. The maximum Gasteiger partial charge on any atom is 0.127 e. The Balaban J connectivity index is 1.82. The fourth-order valence-corrected chi connectivity index (χ4v) is 3.57. The molecule has 1 aliphatic rings. The van der Waals surface area contributed by atoms with Crippen LogP contribution >= 0.6 is 0 Å². The van der Waals surface area contributed by atoms with Gasteiger partial charge in [-0.2, -0.15) is 5.10 Å². The van der Waals surface area contributed by atoms with Crippen molar-refractivity contribution >= 4 is 5.82 Å². The van der Waals surface area contributed by atoms with E-state index in [2.05, 4.69) is 34.6 Å². The molecule has 0 N–H and O–H groups in total. The zero-order valence-electron chi connectivity index (χ0n) is 14.1. The molecule has 2 heterocycles. The van der Waals surface area contributed by atoms with Crippen molar-refractivity contribution in [2.45, 2.75) is 90.6 Å². The van der Waals surface area contributed by atoms with Crippen LogP contribution in [-0.2, 0) is 6.54 Å². The number of rotatable bonds is 10. The highest BCUT2D eigenvalue weighted by Gasteiger charge is 2.23. The number of nitrogens with zero attached hydrogens (tertiary/aromatic N) is 3. The summed E-state index contributed by atoms with van der Waals surface area (Å²) in [5.41, 5.74) is 0. The molecule has 0 aromatic carbocycles. The van der Waals surface area contributed by atoms with Gasteiger partial charge in [0, 0.05) is 25.2 Å². The van der Waals surface area contributed by atoms with Crippen molar-refractivity contribution in [3.63, 3.8) is 0 Å². The highest BCUT2D eigenvalue weighted by Crippen LogP contribution is 2.26. The molecule has 0 amide bonds. The lowest BCUT2D eigenvalue weighted by atomic mass is 10.0. The van der Waals surface area contributed by atoms with Crippen LogP contribution in [-0.4, -0.2) is 22.4 Å². The number of anilines is 1. The molecule has 0 aliphatic carbocycles. The number of hydrogen-bond acceptors (Lipinski definition) is 2. The van der Waals surface area contributed by atoms with Crippen LogP contribution in [0.3, 0.4) is 0 Å². The summed E-state index contributed by atoms with van der Waals surface area (Å²) in [6.45, 7) is 6.91. The van der Waals surface area contributed by atoms with Crippen LogP contribution < -0.4 is 4.90 Å². The van der Waals surface area contributed by atoms with Crippen molar-refractivity contribution in [1.29, 1.82) is 0 Å². The molecule has 0 radical (unpaired) electrons. The first-order valence-corrected chi connectivity index (χ1v) is 9.15. The molecule has 1 atom stereocenters. The average Bonchev–Trinajstić information content (AvgIpc) is 2.98. The van der Waals surface area contributed by atoms with Crippen molar-refractivity contribution in [2.24, 2.45) is 0 Å². The van der Waals surface area contributed by atoms with Crippen LogP contribution in [0.2, 0.25) is 0 Å². The zero-order chi connectivity index (χ0) is 14.9. The summed E-state index contributed by atoms with van der Waals surface area (Å²) in [6, 6.07) is 2.92. The third-order valence-corrected chi connectivity index (χ3v) is 4.71. The van der Waals surface area contributed by atoms with Gasteiger partial charge in [-0.05, 0) is 19.3 Å². The van der Waals surface area contributed by atoms with Gasteiger partial charge in [-0.1, -0.05) is 58.8 Å². The second kappa shape index (κ2) is 9.11. The molecule has 1 unspecified atom stereocenters. The van der Waals surface area contributed by atoms with E-state index in [0.717, 1.165) is 12.6 Å². The Labute approximate surface area is 130 Å². The Kier molecular flexibility index (Phi) is 7.11. The Morgan fingerprint density at radius 1 is 1.00 bits per heavy atom. The van der Waals surface area contributed by atoms with Crippen molar-refractivity contribution in [1.82, 2.24) is 9.78 Å². The van der Waals surface area contributed by atoms with E-state index in [4.69, 9.17) is 0 Å². The quantitative estimate of drug-likeness (QED) is 0.565. The summed E-state index contributed by atoms with van der Waals surface area (Å²) < 4.78 is 2.19. The molecule has 21 heavy (non-hydrogen) atoms. The van der Waals surface area contributed by atoms with Gasteiger partial charge in [0.05, 0.1) is 6.20 Å². The van der Waals surface area contributed by atoms with Gasteiger partial charge >= 0.3 is 0 Å². The smallest absolute Gasteiger partial charge is 0.127 e. The van der Waals surface area contributed by atoms with Gasteiger partial charge < -0.3 is 4.90 Å². The molecule has 2 rings (SSSR count). The fourth-order valence-electron chi connectivity index (χ4n) is 3.57. The van der Waals surface area contributed by atoms with E-state index in [1.807, 2.05) is 6.20 Å². The first-order valence-electron chi connectivity index (χ1n) is 9.15. The van der Waals surface area contributed by atoms with E-state index in [1.54, 1.807) is 0 Å². The van der Waals surface area contributed by atoms with Crippen molar-refractivity contribution in [3.8, 4) is 0 Å². The Morgan fingerprint density at radius 3 is 2.62 bits per heavy atom. The second-order valence-corrected chi connectivity index (χ2v) is 6.46. The standard InChI is InChI=1S/C18H33N3/c1-3-5-6-7-8-9-12-17(11-4-2)20-15-10-16-21-18(20)13-14-19-21/h13-14,17H,3-12,15-16H2,1-2H3. The van der Waals surface area contributed by atoms with E-state index in [9.17, 15) is 0 Å². The SMILES string of the molecule is CCCCCCCCC(CCC)N1CCCn2nccc21. The maximum absolute atomic E-state index is 4.45. The average molecular weight is 291 g/mol. The first-order chi connectivity index (χ1) is 10.4. The molecule has 0 spiro atoms. The maximum atomic E-state index is 4.45. The monoisotopic (exact) mass is 291 g/mol. The zero-order valence-corrected chi connectivity index (χ0v) is 14.1. The van der Waals surface area contributed by atoms with Crippen LogP contribution in [0.4, 0.5) is 5.82 Å². The normalized spacial score (nSPS) is 16.0. The largest absolute Gasteiger partial charge is 0.354 e. The molecule has 3 nitrogen and oxygen atoms in total. The fraction of sp³-hybridized carbons (Fsp3) is 0.833. The lowest BCUT2D eigenvalue weighted by molar-refractivity contribution is 0.426. The first kappa shape index (κ1) is 16.4. The van der Waals surface area contributed by atoms with Crippen molar-refractivity contribution in [2.75, 3.05) is 11.4 Å². The molecule has 0 fully saturated rings. The van der Waals surface area contributed by atoms with Crippen molar-refractivity contribution < 1.29 is 0 Å². The molecule has 0 saturated carbocycles. The third-order valence-electron chi connectivity index (χ3n) is 4.71. The lowest BCUT2D eigenvalue weighted by Crippen LogP contribution is -2.40. The van der Waals surface area contributed by atoms with Crippen LogP contribution in [0.25, 0.3) is 0 Å². The van der Waals surface area contributed by atoms with E-state index < -0.39 is 0 Å². The molecule has 0 bridgehead atoms.